The van der Waals surface area contributed by atoms with Crippen molar-refractivity contribution in [2.45, 2.75) is 457 Å². The summed E-state index contributed by atoms with van der Waals surface area (Å²) in [5.74, 6) is -2.12. The lowest BCUT2D eigenvalue weighted by molar-refractivity contribution is -0.161. The number of esters is 4. The van der Waals surface area contributed by atoms with Gasteiger partial charge in [-0.25, -0.2) is 9.13 Å². The summed E-state index contributed by atoms with van der Waals surface area (Å²) in [6.45, 7) is 4.94. The van der Waals surface area contributed by atoms with Crippen LogP contribution in [0.25, 0.3) is 0 Å². The minimum atomic E-state index is -4.96. The van der Waals surface area contributed by atoms with Crippen molar-refractivity contribution >= 4 is 39.5 Å². The molecule has 0 radical (unpaired) electrons. The first-order valence-corrected chi connectivity index (χ1v) is 45.3. The Labute approximate surface area is 613 Å². The molecule has 0 heterocycles. The van der Waals surface area contributed by atoms with Gasteiger partial charge in [0.15, 0.2) is 12.2 Å². The van der Waals surface area contributed by atoms with Crippen molar-refractivity contribution in [2.75, 3.05) is 39.6 Å². The van der Waals surface area contributed by atoms with Gasteiger partial charge < -0.3 is 33.8 Å². The van der Waals surface area contributed by atoms with Crippen LogP contribution in [-0.4, -0.2) is 96.7 Å². The molecular formula is C81H158O17P2. The van der Waals surface area contributed by atoms with E-state index in [1.807, 2.05) is 0 Å². The standard InChI is InChI=1S/C81H158O17P2/c1-5-9-13-17-20-23-26-29-32-34-36-38-40-43-45-48-51-54-58-62-66-79(84)92-72-77(98-81(86)68-64-60-56-53-50-47-44-41-39-37-35-33-30-27-24-21-18-14-10-6-2)74-96-100(89,90)94-70-75(82)69-93-99(87,88)95-73-76(71-91-78(83)65-61-57-16-12-8-4)97-80(85)67-63-59-55-52-49-46-42-31-28-25-22-19-15-11-7-3/h75-77,82H,5-74H2,1-4H3,(H,87,88)(H,89,90)/t75-,76+,77+/m0/s1. The zero-order valence-corrected chi connectivity index (χ0v) is 67.0. The normalized spacial score (nSPS) is 13.8. The number of hydrogen-bond donors (Lipinski definition) is 3. The molecule has 0 spiro atoms. The van der Waals surface area contributed by atoms with E-state index in [1.54, 1.807) is 0 Å². The lowest BCUT2D eigenvalue weighted by Crippen LogP contribution is -2.30. The number of unbranched alkanes of at least 4 members (excludes halogenated alkanes) is 56. The largest absolute Gasteiger partial charge is 0.472 e. The lowest BCUT2D eigenvalue weighted by Gasteiger charge is -2.21. The number of rotatable bonds is 82. The summed E-state index contributed by atoms with van der Waals surface area (Å²) in [6, 6.07) is 0. The summed E-state index contributed by atoms with van der Waals surface area (Å²) >= 11 is 0. The summed E-state index contributed by atoms with van der Waals surface area (Å²) < 4.78 is 68.5. The third kappa shape index (κ3) is 74.3. The minimum absolute atomic E-state index is 0.108. The highest BCUT2D eigenvalue weighted by atomic mass is 31.2. The van der Waals surface area contributed by atoms with E-state index in [0.717, 1.165) is 96.3 Å². The van der Waals surface area contributed by atoms with Crippen molar-refractivity contribution in [3.63, 3.8) is 0 Å². The Morgan fingerprint density at radius 3 is 0.590 bits per heavy atom. The number of aliphatic hydroxyl groups excluding tert-OH is 1. The Morgan fingerprint density at radius 2 is 0.400 bits per heavy atom. The Kier molecular flexibility index (Phi) is 73.8. The van der Waals surface area contributed by atoms with Crippen molar-refractivity contribution in [3.05, 3.63) is 0 Å². The lowest BCUT2D eigenvalue weighted by atomic mass is 10.0. The van der Waals surface area contributed by atoms with Crippen LogP contribution >= 0.6 is 15.6 Å². The number of phosphoric ester groups is 2. The highest BCUT2D eigenvalue weighted by Gasteiger charge is 2.30. The molecule has 0 amide bonds. The maximum atomic E-state index is 13.1. The van der Waals surface area contributed by atoms with Crippen molar-refractivity contribution in [1.82, 2.24) is 0 Å². The predicted octanol–water partition coefficient (Wildman–Crippen LogP) is 24.6. The number of carbonyl (C=O) groups excluding carboxylic acids is 4. The van der Waals surface area contributed by atoms with E-state index in [-0.39, 0.29) is 25.7 Å². The highest BCUT2D eigenvalue weighted by molar-refractivity contribution is 7.47. The fraction of sp³-hybridized carbons (Fsp3) is 0.951. The molecule has 0 aliphatic rings. The zero-order valence-electron chi connectivity index (χ0n) is 65.2. The van der Waals surface area contributed by atoms with E-state index in [1.165, 1.54) is 263 Å². The zero-order chi connectivity index (χ0) is 73.2. The summed E-state index contributed by atoms with van der Waals surface area (Å²) in [5, 5.41) is 10.6. The molecule has 0 fully saturated rings. The van der Waals surface area contributed by atoms with E-state index in [0.29, 0.717) is 25.7 Å². The summed E-state index contributed by atoms with van der Waals surface area (Å²) in [5.41, 5.74) is 0. The second kappa shape index (κ2) is 75.3. The molecule has 0 saturated carbocycles. The van der Waals surface area contributed by atoms with Gasteiger partial charge in [-0.3, -0.25) is 37.3 Å². The molecule has 0 saturated heterocycles. The summed E-state index contributed by atoms with van der Waals surface area (Å²) in [6.07, 6.45) is 68.6. The fourth-order valence-electron chi connectivity index (χ4n) is 12.6. The van der Waals surface area contributed by atoms with Crippen molar-refractivity contribution < 1.29 is 80.2 Å². The minimum Gasteiger partial charge on any atom is -0.462 e. The average molecular weight is 1470 g/mol. The van der Waals surface area contributed by atoms with Gasteiger partial charge in [-0.2, -0.15) is 0 Å². The van der Waals surface area contributed by atoms with Gasteiger partial charge in [0.1, 0.15) is 19.3 Å². The first-order valence-electron chi connectivity index (χ1n) is 42.3. The van der Waals surface area contributed by atoms with Gasteiger partial charge in [-0.05, 0) is 25.7 Å². The van der Waals surface area contributed by atoms with E-state index >= 15 is 0 Å². The van der Waals surface area contributed by atoms with Crippen LogP contribution in [0.2, 0.25) is 0 Å². The third-order valence-corrected chi connectivity index (χ3v) is 21.0. The molecule has 0 aromatic carbocycles. The van der Waals surface area contributed by atoms with Gasteiger partial charge >= 0.3 is 39.5 Å². The average Bonchev–Trinajstić information content (AvgIpc) is 0.917. The quantitative estimate of drug-likeness (QED) is 0.0222. The number of aliphatic hydroxyl groups is 1. The molecule has 0 aliphatic carbocycles. The maximum absolute atomic E-state index is 13.1. The molecule has 0 aliphatic heterocycles. The van der Waals surface area contributed by atoms with E-state index < -0.39 is 97.5 Å². The highest BCUT2D eigenvalue weighted by Crippen LogP contribution is 2.45. The number of carbonyl (C=O) groups is 4. The summed E-state index contributed by atoms with van der Waals surface area (Å²) in [7, 11) is -9.91. The fourth-order valence-corrected chi connectivity index (χ4v) is 14.2. The number of hydrogen-bond acceptors (Lipinski definition) is 15. The predicted molar refractivity (Wildman–Crippen MR) is 409 cm³/mol. The topological polar surface area (TPSA) is 237 Å². The second-order valence-corrected chi connectivity index (χ2v) is 32.1. The molecule has 0 bridgehead atoms. The molecule has 2 unspecified atom stereocenters. The van der Waals surface area contributed by atoms with E-state index in [4.69, 9.17) is 37.0 Å². The van der Waals surface area contributed by atoms with Crippen LogP contribution < -0.4 is 0 Å². The molecule has 594 valence electrons. The summed E-state index contributed by atoms with van der Waals surface area (Å²) in [4.78, 5) is 72.7. The van der Waals surface area contributed by atoms with Crippen LogP contribution in [0.3, 0.4) is 0 Å². The monoisotopic (exact) mass is 1470 g/mol. The van der Waals surface area contributed by atoms with Crippen LogP contribution in [0.4, 0.5) is 0 Å². The number of phosphoric acid groups is 2. The molecule has 5 atom stereocenters. The molecule has 19 heteroatoms. The van der Waals surface area contributed by atoms with Crippen molar-refractivity contribution in [1.29, 1.82) is 0 Å². The maximum Gasteiger partial charge on any atom is 0.472 e. The van der Waals surface area contributed by atoms with Gasteiger partial charge in [0.2, 0.25) is 0 Å². The van der Waals surface area contributed by atoms with Crippen LogP contribution in [-0.2, 0) is 65.4 Å². The smallest absolute Gasteiger partial charge is 0.462 e. The molecule has 0 aromatic heterocycles. The van der Waals surface area contributed by atoms with Crippen LogP contribution in [0, 0.1) is 0 Å². The molecule has 17 nitrogen and oxygen atoms in total. The number of ether oxygens (including phenoxy) is 4. The Hall–Kier alpha value is -1.94. The SMILES string of the molecule is CCCCCCCCCCCCCCCCCCCCCCC(=O)OC[C@H](COP(=O)(O)OC[C@@H](O)COP(=O)(O)OC[C@@H](COC(=O)CCCCCCC)OC(=O)CCCCCCCCCCCCCCCCC)OC(=O)CCCCCCCCCCCCCCCCCCCCCC. The van der Waals surface area contributed by atoms with E-state index in [9.17, 15) is 43.2 Å². The Balaban J connectivity index is 5.11. The second-order valence-electron chi connectivity index (χ2n) is 29.2. The van der Waals surface area contributed by atoms with Crippen molar-refractivity contribution in [2.24, 2.45) is 0 Å². The van der Waals surface area contributed by atoms with Gasteiger partial charge in [-0.1, -0.05) is 387 Å². The van der Waals surface area contributed by atoms with Crippen LogP contribution in [0.1, 0.15) is 439 Å². The molecule has 0 aromatic rings. The van der Waals surface area contributed by atoms with Crippen LogP contribution in [0.5, 0.6) is 0 Å². The van der Waals surface area contributed by atoms with E-state index in [2.05, 4.69) is 27.7 Å². The first kappa shape index (κ1) is 98.1. The molecular weight excluding hydrogens is 1310 g/mol. The van der Waals surface area contributed by atoms with Gasteiger partial charge in [0, 0.05) is 25.7 Å². The molecule has 100 heavy (non-hydrogen) atoms. The first-order chi connectivity index (χ1) is 48.7. The van der Waals surface area contributed by atoms with Gasteiger partial charge in [0.25, 0.3) is 0 Å². The van der Waals surface area contributed by atoms with Crippen LogP contribution in [0.15, 0.2) is 0 Å². The van der Waals surface area contributed by atoms with Crippen molar-refractivity contribution in [3.8, 4) is 0 Å². The van der Waals surface area contributed by atoms with Gasteiger partial charge in [0.05, 0.1) is 26.4 Å². The molecule has 3 N–H and O–H groups in total. The Bertz CT molecular complexity index is 1890. The van der Waals surface area contributed by atoms with Gasteiger partial charge in [-0.15, -0.1) is 0 Å². The third-order valence-electron chi connectivity index (χ3n) is 19.1. The molecule has 0 rings (SSSR count). The Morgan fingerprint density at radius 1 is 0.240 bits per heavy atom.